The summed E-state index contributed by atoms with van der Waals surface area (Å²) in [7, 11) is 0. The van der Waals surface area contributed by atoms with E-state index in [1.54, 1.807) is 0 Å². The maximum atomic E-state index is 5.40. The van der Waals surface area contributed by atoms with Gasteiger partial charge in [0, 0.05) is 33.8 Å². The fourth-order valence-electron chi connectivity index (χ4n) is 8.37. The van der Waals surface area contributed by atoms with Crippen LogP contribution in [0.1, 0.15) is 5.56 Å². The summed E-state index contributed by atoms with van der Waals surface area (Å²) in [6.07, 6.45) is 0. The summed E-state index contributed by atoms with van der Waals surface area (Å²) in [5.74, 6) is 0. The zero-order valence-electron chi connectivity index (χ0n) is 33.9. The Kier molecular flexibility index (Phi) is 10.2. The van der Waals surface area contributed by atoms with Crippen LogP contribution in [0.5, 0.6) is 0 Å². The summed E-state index contributed by atoms with van der Waals surface area (Å²) in [5.41, 5.74) is 19.1. The van der Waals surface area contributed by atoms with Crippen LogP contribution in [0.4, 0.5) is 17.1 Å². The molecule has 10 aromatic rings. The highest BCUT2D eigenvalue weighted by Gasteiger charge is 2.23. The summed E-state index contributed by atoms with van der Waals surface area (Å²) >= 11 is 0. The molecule has 3 heteroatoms. The Labute approximate surface area is 358 Å². The van der Waals surface area contributed by atoms with Crippen LogP contribution in [0.15, 0.2) is 243 Å². The number of anilines is 3. The predicted molar refractivity (Wildman–Crippen MR) is 256 cm³/mol. The Morgan fingerprint density at radius 2 is 0.721 bits per heavy atom. The largest absolute Gasteiger partial charge is 0.311 e. The van der Waals surface area contributed by atoms with E-state index in [0.29, 0.717) is 0 Å². The van der Waals surface area contributed by atoms with Gasteiger partial charge in [0.2, 0.25) is 0 Å². The fraction of sp³-hybridized carbons (Fsp3) is 0.0172. The van der Waals surface area contributed by atoms with Crippen molar-refractivity contribution in [3.8, 4) is 72.7 Å². The van der Waals surface area contributed by atoms with E-state index in [9.17, 15) is 0 Å². The molecule has 0 spiro atoms. The molecule has 0 unspecified atom stereocenters. The minimum Gasteiger partial charge on any atom is -0.311 e. The molecule has 3 nitrogen and oxygen atoms in total. The number of rotatable bonds is 10. The van der Waals surface area contributed by atoms with Gasteiger partial charge in [-0.15, -0.1) is 0 Å². The van der Waals surface area contributed by atoms with E-state index in [1.807, 2.05) is 0 Å². The third-order valence-corrected chi connectivity index (χ3v) is 11.4. The molecule has 1 aromatic heterocycles. The van der Waals surface area contributed by atoms with Crippen LogP contribution in [0, 0.1) is 6.92 Å². The maximum Gasteiger partial charge on any atom is 0.101 e. The molecule has 0 radical (unpaired) electrons. The molecule has 0 aliphatic carbocycles. The highest BCUT2D eigenvalue weighted by Crippen LogP contribution is 2.43. The molecule has 0 bridgehead atoms. The second-order valence-corrected chi connectivity index (χ2v) is 15.3. The van der Waals surface area contributed by atoms with Crippen LogP contribution in [-0.4, -0.2) is 9.78 Å². The SMILES string of the molecule is Cc1ccc(-c2c(-c3ccccc3)nn(-c3ccc(-c4ccccc4-c4ccccc4-c4ccc(N(c5ccccc5)c5ccccc5)cc4)cc3)c2-c2ccccc2)cc1. The summed E-state index contributed by atoms with van der Waals surface area (Å²) in [5, 5.41) is 5.40. The van der Waals surface area contributed by atoms with E-state index in [4.69, 9.17) is 5.10 Å². The number of aryl methyl sites for hydroxylation is 1. The molecule has 1 heterocycles. The Balaban J connectivity index is 1.04. The molecule has 0 saturated heterocycles. The molecule has 0 aliphatic heterocycles. The molecular weight excluding hydrogens is 739 g/mol. The summed E-state index contributed by atoms with van der Waals surface area (Å²) in [4.78, 5) is 2.30. The van der Waals surface area contributed by atoms with E-state index in [2.05, 4.69) is 259 Å². The Morgan fingerprint density at radius 3 is 1.23 bits per heavy atom. The van der Waals surface area contributed by atoms with Crippen molar-refractivity contribution in [3.63, 3.8) is 0 Å². The van der Waals surface area contributed by atoms with E-state index < -0.39 is 0 Å². The van der Waals surface area contributed by atoms with E-state index in [0.717, 1.165) is 67.5 Å². The van der Waals surface area contributed by atoms with Crippen LogP contribution >= 0.6 is 0 Å². The van der Waals surface area contributed by atoms with Crippen LogP contribution in [0.25, 0.3) is 72.7 Å². The molecule has 0 saturated carbocycles. The van der Waals surface area contributed by atoms with Gasteiger partial charge in [0.1, 0.15) is 5.69 Å². The van der Waals surface area contributed by atoms with E-state index in [-0.39, 0.29) is 0 Å². The average molecular weight is 782 g/mol. The van der Waals surface area contributed by atoms with Gasteiger partial charge >= 0.3 is 0 Å². The zero-order valence-corrected chi connectivity index (χ0v) is 33.9. The number of aromatic nitrogens is 2. The first-order chi connectivity index (χ1) is 30.2. The van der Waals surface area contributed by atoms with Crippen LogP contribution in [0.3, 0.4) is 0 Å². The molecule has 0 N–H and O–H groups in total. The normalized spacial score (nSPS) is 11.0. The summed E-state index contributed by atoms with van der Waals surface area (Å²) < 4.78 is 2.12. The number of para-hydroxylation sites is 2. The van der Waals surface area contributed by atoms with Crippen molar-refractivity contribution in [1.29, 1.82) is 0 Å². The first-order valence-electron chi connectivity index (χ1n) is 20.8. The number of benzene rings is 9. The number of hydrogen-bond acceptors (Lipinski definition) is 2. The monoisotopic (exact) mass is 781 g/mol. The third kappa shape index (κ3) is 7.46. The smallest absolute Gasteiger partial charge is 0.101 e. The maximum absolute atomic E-state index is 5.40. The highest BCUT2D eigenvalue weighted by atomic mass is 15.3. The van der Waals surface area contributed by atoms with Crippen molar-refractivity contribution in [2.75, 3.05) is 4.90 Å². The lowest BCUT2D eigenvalue weighted by Crippen LogP contribution is -2.09. The van der Waals surface area contributed by atoms with Gasteiger partial charge in [-0.2, -0.15) is 5.10 Å². The van der Waals surface area contributed by atoms with Gasteiger partial charge in [-0.3, -0.25) is 0 Å². The third-order valence-electron chi connectivity index (χ3n) is 11.4. The average Bonchev–Trinajstić information content (AvgIpc) is 3.74. The molecular formula is C58H43N3. The minimum absolute atomic E-state index is 0.954. The molecule has 0 amide bonds. The Bertz CT molecular complexity index is 2990. The number of nitrogens with zero attached hydrogens (tertiary/aromatic N) is 3. The van der Waals surface area contributed by atoms with Gasteiger partial charge in [0.25, 0.3) is 0 Å². The molecule has 0 fully saturated rings. The second-order valence-electron chi connectivity index (χ2n) is 15.3. The van der Waals surface area contributed by atoms with Gasteiger partial charge < -0.3 is 4.90 Å². The van der Waals surface area contributed by atoms with Crippen LogP contribution < -0.4 is 4.90 Å². The van der Waals surface area contributed by atoms with Gasteiger partial charge in [-0.1, -0.05) is 200 Å². The summed E-state index contributed by atoms with van der Waals surface area (Å²) in [6, 6.07) is 86.3. The van der Waals surface area contributed by atoms with Crippen LogP contribution in [-0.2, 0) is 0 Å². The van der Waals surface area contributed by atoms with E-state index in [1.165, 1.54) is 27.8 Å². The lowest BCUT2D eigenvalue weighted by molar-refractivity contribution is 0.892. The van der Waals surface area contributed by atoms with Crippen molar-refractivity contribution in [1.82, 2.24) is 9.78 Å². The van der Waals surface area contributed by atoms with Gasteiger partial charge in [0.15, 0.2) is 0 Å². The lowest BCUT2D eigenvalue weighted by Gasteiger charge is -2.25. The Morgan fingerprint density at radius 1 is 0.328 bits per heavy atom. The highest BCUT2D eigenvalue weighted by molar-refractivity contribution is 5.94. The van der Waals surface area contributed by atoms with Crippen molar-refractivity contribution in [2.45, 2.75) is 6.92 Å². The zero-order chi connectivity index (χ0) is 41.0. The molecule has 0 atom stereocenters. The van der Waals surface area contributed by atoms with E-state index >= 15 is 0 Å². The van der Waals surface area contributed by atoms with Gasteiger partial charge in [-0.05, 0) is 94.4 Å². The predicted octanol–water partition coefficient (Wildman–Crippen LogP) is 15.7. The summed E-state index contributed by atoms with van der Waals surface area (Å²) in [6.45, 7) is 2.13. The topological polar surface area (TPSA) is 21.1 Å². The number of hydrogen-bond donors (Lipinski definition) is 0. The standard InChI is InChI=1S/C58H43N3/c1-42-30-32-45(33-31-42)56-57(46-18-6-2-7-19-46)59-61(58(56)47-20-8-3-9-21-47)51-40-36-44(37-41-51)53-27-15-17-29-55(53)54-28-16-14-26-52(54)43-34-38-50(39-35-43)60(48-22-10-4-11-23-48)49-24-12-5-13-25-49/h2-41H,1H3. The molecule has 9 aromatic carbocycles. The van der Waals surface area contributed by atoms with Gasteiger partial charge in [0.05, 0.1) is 11.4 Å². The quantitative estimate of drug-likeness (QED) is 0.138. The molecule has 290 valence electrons. The Hall–Kier alpha value is -8.01. The molecule has 0 aliphatic rings. The fourth-order valence-corrected chi connectivity index (χ4v) is 8.37. The van der Waals surface area contributed by atoms with Crippen LogP contribution in [0.2, 0.25) is 0 Å². The van der Waals surface area contributed by atoms with Crippen molar-refractivity contribution >= 4 is 17.1 Å². The van der Waals surface area contributed by atoms with Crippen molar-refractivity contribution < 1.29 is 0 Å². The lowest BCUT2D eigenvalue weighted by atomic mass is 9.89. The first kappa shape index (κ1) is 37.3. The minimum atomic E-state index is 0.954. The van der Waals surface area contributed by atoms with Crippen molar-refractivity contribution in [2.24, 2.45) is 0 Å². The van der Waals surface area contributed by atoms with Gasteiger partial charge in [-0.25, -0.2) is 4.68 Å². The van der Waals surface area contributed by atoms with Crippen molar-refractivity contribution in [3.05, 3.63) is 248 Å². The molecule has 61 heavy (non-hydrogen) atoms. The first-order valence-corrected chi connectivity index (χ1v) is 20.8. The second kappa shape index (κ2) is 16.7. The molecule has 10 rings (SSSR count).